The van der Waals surface area contributed by atoms with E-state index in [1.807, 2.05) is 30.3 Å². The van der Waals surface area contributed by atoms with E-state index in [-0.39, 0.29) is 5.57 Å². The highest BCUT2D eigenvalue weighted by atomic mass is 16.6. The molecule has 8 nitrogen and oxygen atoms in total. The Labute approximate surface area is 176 Å². The van der Waals surface area contributed by atoms with Crippen LogP contribution in [-0.4, -0.2) is 54.4 Å². The Bertz CT molecular complexity index is 783. The highest BCUT2D eigenvalue weighted by Gasteiger charge is 2.39. The molecule has 1 unspecified atom stereocenters. The van der Waals surface area contributed by atoms with Crippen molar-refractivity contribution >= 4 is 17.8 Å². The van der Waals surface area contributed by atoms with Gasteiger partial charge < -0.3 is 25.2 Å². The quantitative estimate of drug-likeness (QED) is 0.243. The van der Waals surface area contributed by atoms with Gasteiger partial charge in [-0.05, 0) is 44.7 Å². The Morgan fingerprint density at radius 1 is 1.20 bits per heavy atom. The van der Waals surface area contributed by atoms with Gasteiger partial charge in [-0.25, -0.2) is 9.59 Å². The molecule has 0 spiro atoms. The Hall–Kier alpha value is -2.71. The third-order valence-corrected chi connectivity index (χ3v) is 4.35. The number of ether oxygens (including phenoxy) is 2. The van der Waals surface area contributed by atoms with E-state index < -0.39 is 36.2 Å². The smallest absolute Gasteiger partial charge is 0.407 e. The van der Waals surface area contributed by atoms with E-state index in [0.29, 0.717) is 38.0 Å². The van der Waals surface area contributed by atoms with Gasteiger partial charge in [0.25, 0.3) is 0 Å². The molecule has 30 heavy (non-hydrogen) atoms. The van der Waals surface area contributed by atoms with E-state index in [1.165, 1.54) is 0 Å². The van der Waals surface area contributed by atoms with Crippen molar-refractivity contribution in [2.24, 2.45) is 0 Å². The Kier molecular flexibility index (Phi) is 8.56. The minimum Gasteiger partial charge on any atom is -0.448 e. The van der Waals surface area contributed by atoms with Gasteiger partial charge in [0.15, 0.2) is 6.10 Å². The largest absolute Gasteiger partial charge is 0.448 e. The number of esters is 1. The molecule has 1 aromatic carbocycles. The van der Waals surface area contributed by atoms with E-state index >= 15 is 0 Å². The van der Waals surface area contributed by atoms with Crippen LogP contribution in [0, 0.1) is 0 Å². The highest BCUT2D eigenvalue weighted by Crippen LogP contribution is 2.22. The number of amides is 1. The van der Waals surface area contributed by atoms with Crippen molar-refractivity contribution in [1.82, 2.24) is 10.6 Å². The first-order chi connectivity index (χ1) is 14.2. The topological polar surface area (TPSA) is 114 Å². The number of carbonyl (C=O) groups is 3. The molecule has 0 saturated carbocycles. The predicted octanol–water partition coefficient (Wildman–Crippen LogP) is 1.86. The zero-order valence-electron chi connectivity index (χ0n) is 17.7. The fourth-order valence-corrected chi connectivity index (χ4v) is 3.00. The summed E-state index contributed by atoms with van der Waals surface area (Å²) in [6.45, 7) is 6.01. The monoisotopic (exact) mass is 418 g/mol. The van der Waals surface area contributed by atoms with E-state index in [4.69, 9.17) is 9.47 Å². The van der Waals surface area contributed by atoms with Crippen molar-refractivity contribution < 1.29 is 29.0 Å². The number of carbonyl (C=O) groups excluding carboxylic acids is 3. The van der Waals surface area contributed by atoms with Gasteiger partial charge in [-0.1, -0.05) is 30.3 Å². The number of hydrogen-bond donors (Lipinski definition) is 3. The van der Waals surface area contributed by atoms with E-state index in [9.17, 15) is 19.5 Å². The van der Waals surface area contributed by atoms with Crippen molar-refractivity contribution in [3.05, 3.63) is 47.0 Å². The third-order valence-electron chi connectivity index (χ3n) is 4.35. The average Bonchev–Trinajstić information content (AvgIpc) is 2.96. The first-order valence-electron chi connectivity index (χ1n) is 10.0. The van der Waals surface area contributed by atoms with Crippen LogP contribution >= 0.6 is 0 Å². The predicted molar refractivity (Wildman–Crippen MR) is 111 cm³/mol. The fraction of sp³-hybridized carbons (Fsp3) is 0.500. The lowest BCUT2D eigenvalue weighted by Gasteiger charge is -2.19. The molecule has 164 valence electrons. The summed E-state index contributed by atoms with van der Waals surface area (Å²) >= 11 is 0. The summed E-state index contributed by atoms with van der Waals surface area (Å²) in [5.41, 5.74) is 1.08. The second kappa shape index (κ2) is 10.9. The van der Waals surface area contributed by atoms with Gasteiger partial charge in [-0.3, -0.25) is 4.79 Å². The Balaban J connectivity index is 1.99. The minimum atomic E-state index is -1.14. The number of rotatable bonds is 9. The average molecular weight is 418 g/mol. The van der Waals surface area contributed by atoms with Gasteiger partial charge in [0, 0.05) is 19.6 Å². The van der Waals surface area contributed by atoms with Crippen LogP contribution in [-0.2, 0) is 25.6 Å². The minimum absolute atomic E-state index is 0.00752. The molecule has 3 N–H and O–H groups in total. The highest BCUT2D eigenvalue weighted by molar-refractivity contribution is 6.24. The van der Waals surface area contributed by atoms with Gasteiger partial charge in [-0.2, -0.15) is 0 Å². The van der Waals surface area contributed by atoms with Gasteiger partial charge in [0.2, 0.25) is 5.78 Å². The molecule has 1 fully saturated rings. The van der Waals surface area contributed by atoms with Crippen LogP contribution in [0.4, 0.5) is 4.79 Å². The number of ketones is 1. The number of aliphatic hydroxyl groups excluding tert-OH is 1. The standard InChI is InChI=1S/C22H30N2O6/c1-22(2,3)30-21(28)24-11-7-10-16(13-23-12-15-8-5-4-6-9-15)18-19(26)17(14-25)29-20(18)27/h4-6,8-9,17,23,25H,7,10-14H2,1-3H3,(H,24,28)/b18-16-. The van der Waals surface area contributed by atoms with Gasteiger partial charge in [-0.15, -0.1) is 0 Å². The van der Waals surface area contributed by atoms with Crippen LogP contribution in [0.1, 0.15) is 39.2 Å². The number of benzene rings is 1. The number of alkyl carbamates (subject to hydrolysis) is 1. The summed E-state index contributed by atoms with van der Waals surface area (Å²) in [6.07, 6.45) is -0.742. The summed E-state index contributed by atoms with van der Waals surface area (Å²) in [7, 11) is 0. The van der Waals surface area contributed by atoms with Crippen molar-refractivity contribution in [2.45, 2.75) is 51.9 Å². The molecule has 1 saturated heterocycles. The van der Waals surface area contributed by atoms with E-state index in [0.717, 1.165) is 5.56 Å². The molecule has 1 amide bonds. The van der Waals surface area contributed by atoms with Gasteiger partial charge in [0.1, 0.15) is 11.2 Å². The molecule has 1 aliphatic heterocycles. The van der Waals surface area contributed by atoms with Gasteiger partial charge >= 0.3 is 12.1 Å². The molecule has 2 rings (SSSR count). The fourth-order valence-electron chi connectivity index (χ4n) is 3.00. The lowest BCUT2D eigenvalue weighted by atomic mass is 9.99. The number of nitrogens with one attached hydrogen (secondary N) is 2. The molecule has 0 aromatic heterocycles. The first kappa shape index (κ1) is 23.6. The summed E-state index contributed by atoms with van der Waals surface area (Å²) < 4.78 is 10.2. The lowest BCUT2D eigenvalue weighted by molar-refractivity contribution is -0.142. The molecule has 0 radical (unpaired) electrons. The lowest BCUT2D eigenvalue weighted by Crippen LogP contribution is -2.33. The molecular formula is C22H30N2O6. The van der Waals surface area contributed by atoms with Crippen LogP contribution in [0.15, 0.2) is 41.5 Å². The maximum atomic E-state index is 12.4. The van der Waals surface area contributed by atoms with Crippen LogP contribution in [0.5, 0.6) is 0 Å². The number of Topliss-reactive ketones (excluding diaryl/α,β-unsaturated/α-hetero) is 1. The van der Waals surface area contributed by atoms with Gasteiger partial charge in [0.05, 0.1) is 6.61 Å². The second-order valence-electron chi connectivity index (χ2n) is 8.04. The normalized spacial score (nSPS) is 18.2. The summed E-state index contributed by atoms with van der Waals surface area (Å²) in [6, 6.07) is 9.74. The maximum absolute atomic E-state index is 12.4. The SMILES string of the molecule is CC(C)(C)OC(=O)NCCC/C(CNCc1ccccc1)=C1/C(=O)OC(CO)C1=O. The van der Waals surface area contributed by atoms with Crippen LogP contribution in [0.25, 0.3) is 0 Å². The molecule has 1 atom stereocenters. The Morgan fingerprint density at radius 3 is 2.50 bits per heavy atom. The zero-order valence-corrected chi connectivity index (χ0v) is 17.7. The zero-order chi connectivity index (χ0) is 22.1. The van der Waals surface area contributed by atoms with E-state index in [1.54, 1.807) is 20.8 Å². The second-order valence-corrected chi connectivity index (χ2v) is 8.04. The van der Waals surface area contributed by atoms with Crippen LogP contribution in [0.2, 0.25) is 0 Å². The van der Waals surface area contributed by atoms with Crippen molar-refractivity contribution in [3.63, 3.8) is 0 Å². The van der Waals surface area contributed by atoms with Crippen LogP contribution < -0.4 is 10.6 Å². The number of hydrogen-bond acceptors (Lipinski definition) is 7. The van der Waals surface area contributed by atoms with Crippen LogP contribution in [0.3, 0.4) is 0 Å². The summed E-state index contributed by atoms with van der Waals surface area (Å²) in [5, 5.41) is 15.2. The summed E-state index contributed by atoms with van der Waals surface area (Å²) in [4.78, 5) is 36.4. The molecule has 1 heterocycles. The molecule has 0 bridgehead atoms. The van der Waals surface area contributed by atoms with Crippen molar-refractivity contribution in [3.8, 4) is 0 Å². The molecule has 1 aliphatic rings. The van der Waals surface area contributed by atoms with Crippen molar-refractivity contribution in [2.75, 3.05) is 19.7 Å². The number of aliphatic hydroxyl groups is 1. The Morgan fingerprint density at radius 2 is 1.90 bits per heavy atom. The molecule has 8 heteroatoms. The maximum Gasteiger partial charge on any atom is 0.407 e. The van der Waals surface area contributed by atoms with Crippen molar-refractivity contribution in [1.29, 1.82) is 0 Å². The first-order valence-corrected chi connectivity index (χ1v) is 10.0. The summed E-state index contributed by atoms with van der Waals surface area (Å²) in [5.74, 6) is -1.21. The third kappa shape index (κ3) is 7.27. The number of cyclic esters (lactones) is 1. The molecule has 0 aliphatic carbocycles. The molecule has 1 aromatic rings. The van der Waals surface area contributed by atoms with E-state index in [2.05, 4.69) is 10.6 Å². The molecular weight excluding hydrogens is 388 g/mol.